The minimum absolute atomic E-state index is 0. The van der Waals surface area contributed by atoms with Crippen LogP contribution in [0.2, 0.25) is 0 Å². The number of amides is 2. The van der Waals surface area contributed by atoms with Crippen LogP contribution in [0.3, 0.4) is 0 Å². The van der Waals surface area contributed by atoms with E-state index in [0.29, 0.717) is 19.1 Å². The molecule has 2 unspecified atom stereocenters. The standard InChI is InChI=1S/C17H29N3O3.ClH/c21-16(19-13-5-2-1-3-6-13)11-15-17(22)20(9-8-18-15)12-14-7-4-10-23-14;/h13-15,18H,1-12H2,(H,19,21);1H. The van der Waals surface area contributed by atoms with E-state index in [4.69, 9.17) is 4.74 Å². The lowest BCUT2D eigenvalue weighted by atomic mass is 9.95. The highest BCUT2D eigenvalue weighted by atomic mass is 35.5. The van der Waals surface area contributed by atoms with Crippen molar-refractivity contribution in [2.75, 3.05) is 26.2 Å². The van der Waals surface area contributed by atoms with Gasteiger partial charge in [0.05, 0.1) is 18.6 Å². The summed E-state index contributed by atoms with van der Waals surface area (Å²) >= 11 is 0. The summed E-state index contributed by atoms with van der Waals surface area (Å²) < 4.78 is 5.63. The number of hydrogen-bond donors (Lipinski definition) is 2. The smallest absolute Gasteiger partial charge is 0.240 e. The van der Waals surface area contributed by atoms with Gasteiger partial charge in [-0.15, -0.1) is 12.4 Å². The molecule has 2 amide bonds. The zero-order chi connectivity index (χ0) is 16.1. The van der Waals surface area contributed by atoms with Crippen molar-refractivity contribution in [1.82, 2.24) is 15.5 Å². The number of nitrogens with zero attached hydrogens (tertiary/aromatic N) is 1. The number of halogens is 1. The van der Waals surface area contributed by atoms with Crippen LogP contribution in [0.25, 0.3) is 0 Å². The van der Waals surface area contributed by atoms with E-state index in [9.17, 15) is 9.59 Å². The Morgan fingerprint density at radius 3 is 2.71 bits per heavy atom. The Hall–Kier alpha value is -0.850. The first kappa shape index (κ1) is 19.5. The van der Waals surface area contributed by atoms with Gasteiger partial charge in [-0.05, 0) is 25.7 Å². The zero-order valence-electron chi connectivity index (χ0n) is 14.3. The number of piperazine rings is 1. The molecular formula is C17H30ClN3O3. The molecule has 2 atom stereocenters. The Labute approximate surface area is 150 Å². The van der Waals surface area contributed by atoms with Crippen LogP contribution in [0.15, 0.2) is 0 Å². The number of rotatable bonds is 5. The number of nitrogens with one attached hydrogen (secondary N) is 2. The molecule has 0 bridgehead atoms. The van der Waals surface area contributed by atoms with Crippen molar-refractivity contribution >= 4 is 24.2 Å². The monoisotopic (exact) mass is 359 g/mol. The molecule has 24 heavy (non-hydrogen) atoms. The largest absolute Gasteiger partial charge is 0.376 e. The lowest BCUT2D eigenvalue weighted by Gasteiger charge is -2.34. The number of carbonyl (C=O) groups excluding carboxylic acids is 2. The van der Waals surface area contributed by atoms with Gasteiger partial charge in [-0.2, -0.15) is 0 Å². The van der Waals surface area contributed by atoms with E-state index >= 15 is 0 Å². The summed E-state index contributed by atoms with van der Waals surface area (Å²) in [5, 5.41) is 6.30. The van der Waals surface area contributed by atoms with Gasteiger partial charge in [-0.25, -0.2) is 0 Å². The SMILES string of the molecule is Cl.O=C(CC1NCCN(CC2CCCO2)C1=O)NC1CCCCC1. The van der Waals surface area contributed by atoms with Crippen molar-refractivity contribution in [1.29, 1.82) is 0 Å². The summed E-state index contributed by atoms with van der Waals surface area (Å²) in [5.74, 6) is 0.0484. The van der Waals surface area contributed by atoms with Crippen LogP contribution in [-0.2, 0) is 14.3 Å². The summed E-state index contributed by atoms with van der Waals surface area (Å²) in [7, 11) is 0. The summed E-state index contributed by atoms with van der Waals surface area (Å²) in [4.78, 5) is 26.7. The van der Waals surface area contributed by atoms with E-state index in [1.54, 1.807) is 0 Å². The number of hydrogen-bond acceptors (Lipinski definition) is 4. The second-order valence-electron chi connectivity index (χ2n) is 7.03. The first-order valence-corrected chi connectivity index (χ1v) is 9.15. The molecule has 0 aromatic rings. The van der Waals surface area contributed by atoms with Crippen LogP contribution in [0.1, 0.15) is 51.4 Å². The van der Waals surface area contributed by atoms with Crippen LogP contribution >= 0.6 is 12.4 Å². The van der Waals surface area contributed by atoms with E-state index in [1.165, 1.54) is 19.3 Å². The van der Waals surface area contributed by atoms with Crippen LogP contribution < -0.4 is 10.6 Å². The fourth-order valence-electron chi connectivity index (χ4n) is 3.89. The molecule has 138 valence electrons. The molecule has 2 aliphatic heterocycles. The van der Waals surface area contributed by atoms with Gasteiger partial charge in [0.2, 0.25) is 11.8 Å². The quantitative estimate of drug-likeness (QED) is 0.774. The van der Waals surface area contributed by atoms with Gasteiger partial charge in [0, 0.05) is 32.3 Å². The summed E-state index contributed by atoms with van der Waals surface area (Å²) in [6, 6.07) is -0.0771. The summed E-state index contributed by atoms with van der Waals surface area (Å²) in [5.41, 5.74) is 0. The molecule has 6 nitrogen and oxygen atoms in total. The maximum absolute atomic E-state index is 12.6. The molecular weight excluding hydrogens is 330 g/mol. The van der Waals surface area contributed by atoms with Crippen LogP contribution in [0.4, 0.5) is 0 Å². The Morgan fingerprint density at radius 2 is 2.00 bits per heavy atom. The normalized spacial score (nSPS) is 28.5. The Bertz CT molecular complexity index is 423. The second-order valence-corrected chi connectivity index (χ2v) is 7.03. The highest BCUT2D eigenvalue weighted by Gasteiger charge is 2.32. The van der Waals surface area contributed by atoms with Crippen molar-refractivity contribution in [2.24, 2.45) is 0 Å². The molecule has 3 aliphatic rings. The fourth-order valence-corrected chi connectivity index (χ4v) is 3.89. The lowest BCUT2D eigenvalue weighted by molar-refractivity contribution is -0.139. The van der Waals surface area contributed by atoms with E-state index in [2.05, 4.69) is 10.6 Å². The predicted octanol–water partition coefficient (Wildman–Crippen LogP) is 1.23. The average Bonchev–Trinajstić information content (AvgIpc) is 3.05. The topological polar surface area (TPSA) is 70.7 Å². The third kappa shape index (κ3) is 5.33. The molecule has 3 rings (SSSR count). The molecule has 2 N–H and O–H groups in total. The van der Waals surface area contributed by atoms with Crippen molar-refractivity contribution in [2.45, 2.75) is 69.6 Å². The van der Waals surface area contributed by atoms with Crippen molar-refractivity contribution in [3.05, 3.63) is 0 Å². The second kappa shape index (κ2) is 9.59. The highest BCUT2D eigenvalue weighted by molar-refractivity contribution is 5.89. The fraction of sp³-hybridized carbons (Fsp3) is 0.882. The molecule has 0 aromatic heterocycles. The molecule has 1 aliphatic carbocycles. The van der Waals surface area contributed by atoms with Gasteiger partial charge >= 0.3 is 0 Å². The third-order valence-corrected chi connectivity index (χ3v) is 5.19. The summed E-state index contributed by atoms with van der Waals surface area (Å²) in [6.45, 7) is 2.93. The minimum atomic E-state index is -0.381. The molecule has 2 saturated heterocycles. The Balaban J connectivity index is 0.00000208. The predicted molar refractivity (Wildman–Crippen MR) is 94.2 cm³/mol. The maximum atomic E-state index is 12.6. The van der Waals surface area contributed by atoms with Crippen LogP contribution in [-0.4, -0.2) is 61.1 Å². The van der Waals surface area contributed by atoms with E-state index in [0.717, 1.165) is 38.8 Å². The first-order valence-electron chi connectivity index (χ1n) is 9.15. The summed E-state index contributed by atoms with van der Waals surface area (Å²) in [6.07, 6.45) is 8.34. The molecule has 7 heteroatoms. The molecule has 0 radical (unpaired) electrons. The highest BCUT2D eigenvalue weighted by Crippen LogP contribution is 2.18. The molecule has 2 heterocycles. The van der Waals surface area contributed by atoms with E-state index in [1.807, 2.05) is 4.90 Å². The molecule has 1 saturated carbocycles. The van der Waals surface area contributed by atoms with E-state index < -0.39 is 0 Å². The average molecular weight is 360 g/mol. The van der Waals surface area contributed by atoms with Gasteiger partial charge in [0.25, 0.3) is 0 Å². The van der Waals surface area contributed by atoms with Gasteiger partial charge < -0.3 is 20.3 Å². The van der Waals surface area contributed by atoms with E-state index in [-0.39, 0.29) is 42.8 Å². The van der Waals surface area contributed by atoms with Gasteiger partial charge in [-0.1, -0.05) is 19.3 Å². The maximum Gasteiger partial charge on any atom is 0.240 e. The molecule has 0 spiro atoms. The molecule has 0 aromatic carbocycles. The first-order chi connectivity index (χ1) is 11.2. The van der Waals surface area contributed by atoms with Crippen molar-refractivity contribution in [3.63, 3.8) is 0 Å². The van der Waals surface area contributed by atoms with Crippen LogP contribution in [0, 0.1) is 0 Å². The Morgan fingerprint density at radius 1 is 1.21 bits per heavy atom. The minimum Gasteiger partial charge on any atom is -0.376 e. The van der Waals surface area contributed by atoms with Crippen molar-refractivity contribution < 1.29 is 14.3 Å². The zero-order valence-corrected chi connectivity index (χ0v) is 15.1. The molecule has 3 fully saturated rings. The number of carbonyl (C=O) groups is 2. The third-order valence-electron chi connectivity index (χ3n) is 5.19. The van der Waals surface area contributed by atoms with Gasteiger partial charge in [0.1, 0.15) is 0 Å². The lowest BCUT2D eigenvalue weighted by Crippen LogP contribution is -2.57. The van der Waals surface area contributed by atoms with Gasteiger partial charge in [0.15, 0.2) is 0 Å². The Kier molecular flexibility index (Phi) is 7.78. The van der Waals surface area contributed by atoms with Crippen molar-refractivity contribution in [3.8, 4) is 0 Å². The van der Waals surface area contributed by atoms with Gasteiger partial charge in [-0.3, -0.25) is 9.59 Å². The number of ether oxygens (including phenoxy) is 1. The van der Waals surface area contributed by atoms with Crippen LogP contribution in [0.5, 0.6) is 0 Å².